The lowest BCUT2D eigenvalue weighted by molar-refractivity contribution is 0.0260. The van der Waals surface area contributed by atoms with Crippen molar-refractivity contribution in [3.63, 3.8) is 0 Å². The highest BCUT2D eigenvalue weighted by atomic mass is 16.3. The number of hydrogen-bond acceptors (Lipinski definition) is 5. The van der Waals surface area contributed by atoms with Crippen LogP contribution in [0, 0.1) is 0 Å². The van der Waals surface area contributed by atoms with Crippen LogP contribution in [-0.4, -0.2) is 62.7 Å². The molecule has 1 N–H and O–H groups in total. The Balaban J connectivity index is 1.66. The van der Waals surface area contributed by atoms with E-state index in [0.29, 0.717) is 31.2 Å². The van der Waals surface area contributed by atoms with E-state index in [2.05, 4.69) is 9.97 Å². The molecule has 122 valence electrons. The largest absolute Gasteiger partial charge is 0.386 e. The number of aliphatic hydroxyl groups is 1. The molecule has 7 nitrogen and oxygen atoms in total. The summed E-state index contributed by atoms with van der Waals surface area (Å²) in [7, 11) is 3.55. The average Bonchev–Trinajstić information content (AvgIpc) is 3.13. The van der Waals surface area contributed by atoms with Gasteiger partial charge in [0.05, 0.1) is 13.1 Å². The van der Waals surface area contributed by atoms with E-state index in [1.165, 1.54) is 0 Å². The van der Waals surface area contributed by atoms with Crippen molar-refractivity contribution in [3.8, 4) is 0 Å². The zero-order valence-electron chi connectivity index (χ0n) is 13.4. The van der Waals surface area contributed by atoms with Gasteiger partial charge in [0, 0.05) is 39.2 Å². The number of aromatic nitrogens is 3. The maximum absolute atomic E-state index is 12.5. The smallest absolute Gasteiger partial charge is 0.270 e. The monoisotopic (exact) mass is 315 g/mol. The molecule has 0 aliphatic carbocycles. The zero-order chi connectivity index (χ0) is 16.4. The van der Waals surface area contributed by atoms with Crippen molar-refractivity contribution in [2.75, 3.05) is 31.6 Å². The minimum absolute atomic E-state index is 0.0969. The van der Waals surface area contributed by atoms with Crippen LogP contribution in [0.4, 0.5) is 5.95 Å². The Morgan fingerprint density at radius 3 is 2.78 bits per heavy atom. The SMILES string of the molecule is CN(CC1(O)CCN(c2ncccn2)C1)C(=O)c1cccn1C. The first-order valence-electron chi connectivity index (χ1n) is 7.60. The van der Waals surface area contributed by atoms with E-state index >= 15 is 0 Å². The van der Waals surface area contributed by atoms with E-state index < -0.39 is 5.60 Å². The van der Waals surface area contributed by atoms with Gasteiger partial charge in [-0.15, -0.1) is 0 Å². The number of amides is 1. The third-order valence-electron chi connectivity index (χ3n) is 4.21. The third kappa shape index (κ3) is 3.19. The Morgan fingerprint density at radius 1 is 1.39 bits per heavy atom. The Morgan fingerprint density at radius 2 is 2.13 bits per heavy atom. The summed E-state index contributed by atoms with van der Waals surface area (Å²) in [6.07, 6.45) is 5.78. The Labute approximate surface area is 135 Å². The molecule has 1 fully saturated rings. The quantitative estimate of drug-likeness (QED) is 0.891. The summed E-state index contributed by atoms with van der Waals surface area (Å²) in [5.74, 6) is 0.514. The minimum Gasteiger partial charge on any atom is -0.386 e. The molecule has 1 unspecified atom stereocenters. The highest BCUT2D eigenvalue weighted by Gasteiger charge is 2.39. The molecular formula is C16H21N5O2. The summed E-state index contributed by atoms with van der Waals surface area (Å²) in [5.41, 5.74) is -0.341. The molecule has 1 amide bonds. The second-order valence-electron chi connectivity index (χ2n) is 6.11. The molecule has 0 aromatic carbocycles. The Kier molecular flexibility index (Phi) is 4.04. The molecule has 2 aromatic rings. The molecule has 2 aromatic heterocycles. The van der Waals surface area contributed by atoms with E-state index in [1.54, 1.807) is 41.0 Å². The number of aryl methyl sites for hydroxylation is 1. The van der Waals surface area contributed by atoms with Gasteiger partial charge in [-0.3, -0.25) is 4.79 Å². The predicted molar refractivity (Wildman–Crippen MR) is 86.2 cm³/mol. The highest BCUT2D eigenvalue weighted by Crippen LogP contribution is 2.25. The van der Waals surface area contributed by atoms with Crippen LogP contribution in [0.1, 0.15) is 16.9 Å². The highest BCUT2D eigenvalue weighted by molar-refractivity contribution is 5.92. The number of rotatable bonds is 4. The Hall–Kier alpha value is -2.41. The first-order valence-corrected chi connectivity index (χ1v) is 7.60. The van der Waals surface area contributed by atoms with E-state index in [1.807, 2.05) is 24.2 Å². The molecule has 1 atom stereocenters. The predicted octanol–water partition coefficient (Wildman–Crippen LogP) is 0.528. The van der Waals surface area contributed by atoms with E-state index in [-0.39, 0.29) is 12.5 Å². The molecule has 1 aliphatic rings. The Bertz CT molecular complexity index is 687. The first-order chi connectivity index (χ1) is 11.0. The van der Waals surface area contributed by atoms with E-state index in [0.717, 1.165) is 0 Å². The van der Waals surface area contributed by atoms with Crippen molar-refractivity contribution in [1.29, 1.82) is 0 Å². The summed E-state index contributed by atoms with van der Waals surface area (Å²) in [4.78, 5) is 24.4. The van der Waals surface area contributed by atoms with Crippen molar-refractivity contribution in [3.05, 3.63) is 42.5 Å². The number of carbonyl (C=O) groups excluding carboxylic acids is 1. The van der Waals surface area contributed by atoms with Gasteiger partial charge >= 0.3 is 0 Å². The summed E-state index contributed by atoms with van der Waals surface area (Å²) in [6.45, 7) is 1.37. The van der Waals surface area contributed by atoms with Crippen LogP contribution >= 0.6 is 0 Å². The van der Waals surface area contributed by atoms with Crippen LogP contribution in [0.3, 0.4) is 0 Å². The van der Waals surface area contributed by atoms with E-state index in [9.17, 15) is 9.90 Å². The van der Waals surface area contributed by atoms with Crippen molar-refractivity contribution in [1.82, 2.24) is 19.4 Å². The van der Waals surface area contributed by atoms with Gasteiger partial charge in [-0.1, -0.05) is 0 Å². The molecule has 7 heteroatoms. The minimum atomic E-state index is -0.950. The number of carbonyl (C=O) groups is 1. The van der Waals surface area contributed by atoms with Crippen LogP contribution in [0.25, 0.3) is 0 Å². The second kappa shape index (κ2) is 6.00. The van der Waals surface area contributed by atoms with Gasteiger partial charge in [0.15, 0.2) is 0 Å². The maximum Gasteiger partial charge on any atom is 0.270 e. The number of anilines is 1. The molecule has 3 rings (SSSR count). The lowest BCUT2D eigenvalue weighted by Crippen LogP contribution is -2.46. The number of hydrogen-bond donors (Lipinski definition) is 1. The van der Waals surface area contributed by atoms with Gasteiger partial charge in [-0.05, 0) is 24.6 Å². The molecule has 0 saturated carbocycles. The molecular weight excluding hydrogens is 294 g/mol. The fourth-order valence-corrected chi connectivity index (χ4v) is 3.00. The normalized spacial score (nSPS) is 20.7. The van der Waals surface area contributed by atoms with Gasteiger partial charge in [-0.2, -0.15) is 0 Å². The number of nitrogens with zero attached hydrogens (tertiary/aromatic N) is 5. The topological polar surface area (TPSA) is 74.5 Å². The van der Waals surface area contributed by atoms with Crippen LogP contribution < -0.4 is 4.90 Å². The van der Waals surface area contributed by atoms with Gasteiger partial charge in [0.1, 0.15) is 11.3 Å². The second-order valence-corrected chi connectivity index (χ2v) is 6.11. The van der Waals surface area contributed by atoms with Crippen molar-refractivity contribution < 1.29 is 9.90 Å². The van der Waals surface area contributed by atoms with Gasteiger partial charge in [0.25, 0.3) is 5.91 Å². The van der Waals surface area contributed by atoms with Crippen LogP contribution in [0.15, 0.2) is 36.8 Å². The average molecular weight is 315 g/mol. The molecule has 0 bridgehead atoms. The van der Waals surface area contributed by atoms with E-state index in [4.69, 9.17) is 0 Å². The lowest BCUT2D eigenvalue weighted by atomic mass is 10.0. The molecule has 3 heterocycles. The van der Waals surface area contributed by atoms with Crippen molar-refractivity contribution in [2.24, 2.45) is 7.05 Å². The number of β-amino-alcohol motifs (C(OH)–C–C–N with tert-alkyl or cyclic N) is 1. The van der Waals surface area contributed by atoms with Crippen molar-refractivity contribution in [2.45, 2.75) is 12.0 Å². The van der Waals surface area contributed by atoms with Crippen LogP contribution in [0.2, 0.25) is 0 Å². The molecule has 0 radical (unpaired) electrons. The molecule has 1 saturated heterocycles. The fourth-order valence-electron chi connectivity index (χ4n) is 3.00. The van der Waals surface area contributed by atoms with Gasteiger partial charge in [0.2, 0.25) is 5.95 Å². The van der Waals surface area contributed by atoms with Gasteiger partial charge in [-0.25, -0.2) is 9.97 Å². The van der Waals surface area contributed by atoms with Gasteiger partial charge < -0.3 is 19.5 Å². The standard InChI is InChI=1S/C16H21N5O2/c1-19-9-3-5-13(19)14(22)20(2)11-16(23)6-10-21(12-16)15-17-7-4-8-18-15/h3-5,7-9,23H,6,10-12H2,1-2H3. The number of likely N-dealkylation sites (N-methyl/N-ethyl adjacent to an activating group) is 1. The summed E-state index contributed by atoms with van der Waals surface area (Å²) < 4.78 is 1.78. The molecule has 1 aliphatic heterocycles. The molecule has 0 spiro atoms. The summed E-state index contributed by atoms with van der Waals surface area (Å²) >= 11 is 0. The summed E-state index contributed by atoms with van der Waals surface area (Å²) in [6, 6.07) is 5.37. The third-order valence-corrected chi connectivity index (χ3v) is 4.21. The maximum atomic E-state index is 12.5. The first kappa shape index (κ1) is 15.5. The lowest BCUT2D eigenvalue weighted by Gasteiger charge is -2.29. The molecule has 23 heavy (non-hydrogen) atoms. The zero-order valence-corrected chi connectivity index (χ0v) is 13.4. The van der Waals surface area contributed by atoms with Crippen molar-refractivity contribution >= 4 is 11.9 Å². The van der Waals surface area contributed by atoms with Crippen LogP contribution in [0.5, 0.6) is 0 Å². The fraction of sp³-hybridized carbons (Fsp3) is 0.438. The summed E-state index contributed by atoms with van der Waals surface area (Å²) in [5, 5.41) is 10.8. The van der Waals surface area contributed by atoms with Crippen LogP contribution in [-0.2, 0) is 7.05 Å².